The average molecular weight is 423 g/mol. The SMILES string of the molecule is Oc1c(Br)cc(Oc2ccccc2)c(Br)c1Br. The highest BCUT2D eigenvalue weighted by Gasteiger charge is 2.14. The van der Waals surface area contributed by atoms with Crippen molar-refractivity contribution in [3.63, 3.8) is 0 Å². The molecule has 0 spiro atoms. The first-order valence-corrected chi connectivity index (χ1v) is 7.07. The van der Waals surface area contributed by atoms with E-state index in [4.69, 9.17) is 4.74 Å². The number of para-hydroxylation sites is 1. The van der Waals surface area contributed by atoms with E-state index in [1.54, 1.807) is 6.07 Å². The molecular formula is C12H7Br3O2. The Labute approximate surface area is 124 Å². The topological polar surface area (TPSA) is 29.5 Å². The van der Waals surface area contributed by atoms with E-state index in [9.17, 15) is 5.11 Å². The first-order valence-electron chi connectivity index (χ1n) is 4.69. The molecule has 0 unspecified atom stereocenters. The molecule has 2 aromatic carbocycles. The van der Waals surface area contributed by atoms with Gasteiger partial charge in [-0.25, -0.2) is 0 Å². The van der Waals surface area contributed by atoms with Crippen LogP contribution in [-0.4, -0.2) is 5.11 Å². The Morgan fingerprint density at radius 2 is 1.59 bits per heavy atom. The second kappa shape index (κ2) is 5.42. The van der Waals surface area contributed by atoms with E-state index >= 15 is 0 Å². The number of benzene rings is 2. The molecule has 17 heavy (non-hydrogen) atoms. The third-order valence-electron chi connectivity index (χ3n) is 2.07. The van der Waals surface area contributed by atoms with Gasteiger partial charge < -0.3 is 9.84 Å². The van der Waals surface area contributed by atoms with Crippen LogP contribution in [0.1, 0.15) is 0 Å². The molecule has 0 saturated carbocycles. The van der Waals surface area contributed by atoms with Gasteiger partial charge in [-0.1, -0.05) is 18.2 Å². The number of hydrogen-bond acceptors (Lipinski definition) is 2. The molecule has 1 N–H and O–H groups in total. The molecule has 0 heterocycles. The van der Waals surface area contributed by atoms with Crippen LogP contribution in [-0.2, 0) is 0 Å². The van der Waals surface area contributed by atoms with Crippen molar-refractivity contribution in [3.8, 4) is 17.2 Å². The molecule has 2 aromatic rings. The van der Waals surface area contributed by atoms with Gasteiger partial charge in [-0.15, -0.1) is 0 Å². The van der Waals surface area contributed by atoms with Crippen LogP contribution >= 0.6 is 47.8 Å². The van der Waals surface area contributed by atoms with Crippen molar-refractivity contribution in [1.82, 2.24) is 0 Å². The standard InChI is InChI=1S/C12H7Br3O2/c13-8-6-9(10(14)11(15)12(8)16)17-7-4-2-1-3-5-7/h1-6,16H. The van der Waals surface area contributed by atoms with E-state index in [1.807, 2.05) is 30.3 Å². The number of phenols is 1. The van der Waals surface area contributed by atoms with Crippen LogP contribution in [0, 0.1) is 0 Å². The van der Waals surface area contributed by atoms with E-state index < -0.39 is 0 Å². The highest BCUT2D eigenvalue weighted by atomic mass is 79.9. The zero-order valence-corrected chi connectivity index (χ0v) is 13.2. The maximum absolute atomic E-state index is 9.70. The van der Waals surface area contributed by atoms with Crippen LogP contribution in [0.3, 0.4) is 0 Å². The Hall–Kier alpha value is -0.520. The van der Waals surface area contributed by atoms with Crippen LogP contribution in [0.15, 0.2) is 49.8 Å². The van der Waals surface area contributed by atoms with Crippen molar-refractivity contribution in [3.05, 3.63) is 49.8 Å². The fourth-order valence-corrected chi connectivity index (χ4v) is 2.72. The van der Waals surface area contributed by atoms with Crippen molar-refractivity contribution in [2.75, 3.05) is 0 Å². The summed E-state index contributed by atoms with van der Waals surface area (Å²) in [6.07, 6.45) is 0. The van der Waals surface area contributed by atoms with Crippen LogP contribution in [0.2, 0.25) is 0 Å². The molecule has 5 heteroatoms. The Balaban J connectivity index is 2.41. The van der Waals surface area contributed by atoms with Crippen LogP contribution in [0.4, 0.5) is 0 Å². The number of halogens is 3. The highest BCUT2D eigenvalue weighted by molar-refractivity contribution is 9.13. The van der Waals surface area contributed by atoms with Gasteiger partial charge in [0.25, 0.3) is 0 Å². The molecule has 88 valence electrons. The van der Waals surface area contributed by atoms with E-state index in [0.29, 0.717) is 19.2 Å². The monoisotopic (exact) mass is 420 g/mol. The third-order valence-corrected chi connectivity index (χ3v) is 4.77. The maximum atomic E-state index is 9.70. The fraction of sp³-hybridized carbons (Fsp3) is 0. The van der Waals surface area contributed by atoms with Crippen molar-refractivity contribution in [2.45, 2.75) is 0 Å². The summed E-state index contributed by atoms with van der Waals surface area (Å²) in [7, 11) is 0. The van der Waals surface area contributed by atoms with E-state index in [-0.39, 0.29) is 5.75 Å². The molecule has 0 aliphatic carbocycles. The van der Waals surface area contributed by atoms with Gasteiger partial charge in [0, 0.05) is 0 Å². The van der Waals surface area contributed by atoms with Crippen molar-refractivity contribution in [1.29, 1.82) is 0 Å². The van der Waals surface area contributed by atoms with E-state index in [0.717, 1.165) is 5.75 Å². The lowest BCUT2D eigenvalue weighted by molar-refractivity contribution is 0.455. The second-order valence-corrected chi connectivity index (χ2v) is 5.69. The van der Waals surface area contributed by atoms with Gasteiger partial charge in [0.1, 0.15) is 17.2 Å². The lowest BCUT2D eigenvalue weighted by Gasteiger charge is -2.11. The number of ether oxygens (including phenoxy) is 1. The molecule has 0 aromatic heterocycles. The minimum atomic E-state index is 0.136. The molecule has 0 aliphatic rings. The van der Waals surface area contributed by atoms with Crippen LogP contribution in [0.25, 0.3) is 0 Å². The van der Waals surface area contributed by atoms with Gasteiger partial charge in [0.2, 0.25) is 0 Å². The Kier molecular flexibility index (Phi) is 4.12. The Morgan fingerprint density at radius 1 is 0.941 bits per heavy atom. The zero-order valence-electron chi connectivity index (χ0n) is 8.45. The number of phenolic OH excluding ortho intramolecular Hbond substituents is 1. The van der Waals surface area contributed by atoms with Gasteiger partial charge in [-0.2, -0.15) is 0 Å². The average Bonchev–Trinajstić information content (AvgIpc) is 2.35. The Morgan fingerprint density at radius 3 is 2.24 bits per heavy atom. The molecule has 0 atom stereocenters. The summed E-state index contributed by atoms with van der Waals surface area (Å²) in [6, 6.07) is 11.1. The summed E-state index contributed by atoms with van der Waals surface area (Å²) < 4.78 is 7.50. The summed E-state index contributed by atoms with van der Waals surface area (Å²) in [6.45, 7) is 0. The molecule has 2 nitrogen and oxygen atoms in total. The lowest BCUT2D eigenvalue weighted by atomic mass is 10.3. The zero-order chi connectivity index (χ0) is 12.4. The third kappa shape index (κ3) is 2.84. The maximum Gasteiger partial charge on any atom is 0.145 e. The van der Waals surface area contributed by atoms with E-state index in [1.165, 1.54) is 0 Å². The fourth-order valence-electron chi connectivity index (χ4n) is 1.25. The first-order chi connectivity index (χ1) is 8.09. The smallest absolute Gasteiger partial charge is 0.145 e. The minimum Gasteiger partial charge on any atom is -0.506 e. The van der Waals surface area contributed by atoms with Gasteiger partial charge in [0.15, 0.2) is 0 Å². The minimum absolute atomic E-state index is 0.136. The first kappa shape index (κ1) is 12.9. The molecule has 0 bridgehead atoms. The highest BCUT2D eigenvalue weighted by Crippen LogP contribution is 2.44. The normalized spacial score (nSPS) is 10.3. The molecule has 0 saturated heterocycles. The van der Waals surface area contributed by atoms with Gasteiger partial charge in [-0.05, 0) is 66.0 Å². The molecule has 2 rings (SSSR count). The van der Waals surface area contributed by atoms with E-state index in [2.05, 4.69) is 47.8 Å². The van der Waals surface area contributed by atoms with Gasteiger partial charge >= 0.3 is 0 Å². The number of hydrogen-bond donors (Lipinski definition) is 1. The van der Waals surface area contributed by atoms with Crippen molar-refractivity contribution >= 4 is 47.8 Å². The molecule has 0 fully saturated rings. The number of rotatable bonds is 2. The molecular weight excluding hydrogens is 416 g/mol. The molecule has 0 amide bonds. The summed E-state index contributed by atoms with van der Waals surface area (Å²) in [5.41, 5.74) is 0. The Bertz CT molecular complexity index is 541. The second-order valence-electron chi connectivity index (χ2n) is 3.25. The largest absolute Gasteiger partial charge is 0.506 e. The predicted molar refractivity (Wildman–Crippen MR) is 77.7 cm³/mol. The van der Waals surface area contributed by atoms with Crippen molar-refractivity contribution < 1.29 is 9.84 Å². The van der Waals surface area contributed by atoms with Crippen LogP contribution < -0.4 is 4.74 Å². The van der Waals surface area contributed by atoms with Crippen LogP contribution in [0.5, 0.6) is 17.2 Å². The van der Waals surface area contributed by atoms with Gasteiger partial charge in [-0.3, -0.25) is 0 Å². The summed E-state index contributed by atoms with van der Waals surface area (Å²) in [5, 5.41) is 9.70. The summed E-state index contributed by atoms with van der Waals surface area (Å²) in [5.74, 6) is 1.49. The molecule has 0 radical (unpaired) electrons. The lowest BCUT2D eigenvalue weighted by Crippen LogP contribution is -1.87. The molecule has 0 aliphatic heterocycles. The van der Waals surface area contributed by atoms with Gasteiger partial charge in [0.05, 0.1) is 13.4 Å². The quantitative estimate of drug-likeness (QED) is 0.650. The number of aromatic hydroxyl groups is 1. The summed E-state index contributed by atoms with van der Waals surface area (Å²) in [4.78, 5) is 0. The predicted octanol–water partition coefficient (Wildman–Crippen LogP) is 5.47. The van der Waals surface area contributed by atoms with Crippen molar-refractivity contribution in [2.24, 2.45) is 0 Å². The summed E-state index contributed by atoms with van der Waals surface area (Å²) >= 11 is 9.92.